The maximum atomic E-state index is 6.26. The molecule has 6 heteroatoms. The molecule has 1 aromatic carbocycles. The van der Waals surface area contributed by atoms with Crippen LogP contribution < -0.4 is 20.7 Å². The van der Waals surface area contributed by atoms with Gasteiger partial charge in [0.1, 0.15) is 17.8 Å². The number of methoxy groups -OCH3 is 1. The smallest absolute Gasteiger partial charge is 0.159 e. The molecule has 0 saturated heterocycles. The lowest BCUT2D eigenvalue weighted by atomic mass is 10.2. The lowest BCUT2D eigenvalue weighted by molar-refractivity contribution is 0.416. The number of ether oxygens (including phenoxy) is 1. The van der Waals surface area contributed by atoms with Crippen molar-refractivity contribution < 1.29 is 4.74 Å². The number of aromatic nitrogens is 2. The summed E-state index contributed by atoms with van der Waals surface area (Å²) in [5.74, 6) is 2.07. The van der Waals surface area contributed by atoms with Gasteiger partial charge in [0.2, 0.25) is 0 Å². The minimum atomic E-state index is 0.537. The molecule has 0 unspecified atom stereocenters. The number of nitrogens with two attached hydrogens (primary N) is 1. The highest BCUT2D eigenvalue weighted by Crippen LogP contribution is 2.32. The molecule has 0 aliphatic rings. The summed E-state index contributed by atoms with van der Waals surface area (Å²) in [6, 6.07) is 5.92. The van der Waals surface area contributed by atoms with E-state index in [0.717, 1.165) is 42.2 Å². The van der Waals surface area contributed by atoms with Gasteiger partial charge in [0.05, 0.1) is 12.8 Å². The normalized spacial score (nSPS) is 10.4. The summed E-state index contributed by atoms with van der Waals surface area (Å²) in [5.41, 5.74) is 8.76. The van der Waals surface area contributed by atoms with Gasteiger partial charge >= 0.3 is 0 Å². The van der Waals surface area contributed by atoms with Crippen LogP contribution in [-0.2, 0) is 0 Å². The zero-order valence-corrected chi connectivity index (χ0v) is 14.3. The summed E-state index contributed by atoms with van der Waals surface area (Å²) in [5, 5.41) is 3.26. The Morgan fingerprint density at radius 1 is 1.30 bits per heavy atom. The third-order valence-corrected chi connectivity index (χ3v) is 3.68. The second kappa shape index (κ2) is 7.67. The largest absolute Gasteiger partial charge is 0.495 e. The predicted molar refractivity (Wildman–Crippen MR) is 95.6 cm³/mol. The summed E-state index contributed by atoms with van der Waals surface area (Å²) in [6.45, 7) is 5.09. The van der Waals surface area contributed by atoms with Crippen molar-refractivity contribution in [2.75, 3.05) is 36.7 Å². The van der Waals surface area contributed by atoms with Crippen molar-refractivity contribution in [1.82, 2.24) is 9.97 Å². The van der Waals surface area contributed by atoms with Crippen LogP contribution in [0.1, 0.15) is 25.3 Å². The van der Waals surface area contributed by atoms with Gasteiger partial charge in [0.25, 0.3) is 0 Å². The molecule has 1 heterocycles. The van der Waals surface area contributed by atoms with E-state index >= 15 is 0 Å². The molecule has 2 aromatic rings. The van der Waals surface area contributed by atoms with E-state index in [-0.39, 0.29) is 0 Å². The number of nitrogens with zero attached hydrogens (tertiary/aromatic N) is 3. The first kappa shape index (κ1) is 16.9. The molecule has 0 spiro atoms. The monoisotopic (exact) mass is 315 g/mol. The Bertz CT molecular complexity index is 659. The summed E-state index contributed by atoms with van der Waals surface area (Å²) >= 11 is 0. The fraction of sp³-hybridized carbons (Fsp3) is 0.412. The average molecular weight is 315 g/mol. The molecule has 124 valence electrons. The highest BCUT2D eigenvalue weighted by Gasteiger charge is 2.13. The van der Waals surface area contributed by atoms with Crippen LogP contribution >= 0.6 is 0 Å². The molecule has 0 aliphatic heterocycles. The first-order chi connectivity index (χ1) is 11.1. The summed E-state index contributed by atoms with van der Waals surface area (Å²) in [6.07, 6.45) is 3.74. The first-order valence-electron chi connectivity index (χ1n) is 7.80. The Hall–Kier alpha value is -2.50. The van der Waals surface area contributed by atoms with Gasteiger partial charge in [-0.1, -0.05) is 19.4 Å². The van der Waals surface area contributed by atoms with Crippen molar-refractivity contribution in [2.24, 2.45) is 0 Å². The van der Waals surface area contributed by atoms with Gasteiger partial charge in [-0.15, -0.1) is 0 Å². The third-order valence-electron chi connectivity index (χ3n) is 3.68. The second-order valence-corrected chi connectivity index (χ2v) is 5.56. The van der Waals surface area contributed by atoms with Crippen LogP contribution in [-0.4, -0.2) is 30.7 Å². The topological polar surface area (TPSA) is 76.3 Å². The van der Waals surface area contributed by atoms with Crippen LogP contribution in [0.4, 0.5) is 23.0 Å². The predicted octanol–water partition coefficient (Wildman–Crippen LogP) is 3.36. The molecular weight excluding hydrogens is 290 g/mol. The van der Waals surface area contributed by atoms with Gasteiger partial charge in [-0.05, 0) is 31.0 Å². The minimum absolute atomic E-state index is 0.537. The molecule has 1 aromatic heterocycles. The quantitative estimate of drug-likeness (QED) is 0.816. The number of benzene rings is 1. The van der Waals surface area contributed by atoms with E-state index in [2.05, 4.69) is 27.1 Å². The van der Waals surface area contributed by atoms with E-state index in [9.17, 15) is 0 Å². The van der Waals surface area contributed by atoms with Crippen molar-refractivity contribution in [2.45, 2.75) is 26.7 Å². The number of aryl methyl sites for hydroxylation is 1. The highest BCUT2D eigenvalue weighted by atomic mass is 16.5. The van der Waals surface area contributed by atoms with E-state index in [1.807, 2.05) is 32.2 Å². The SMILES string of the molecule is CCCCN(C)c1ncnc(Nc2cc(C)ccc2OC)c1N. The maximum absolute atomic E-state index is 6.26. The fourth-order valence-electron chi connectivity index (χ4n) is 2.34. The standard InChI is InChI=1S/C17H25N5O/c1-5-6-9-22(3)17-15(18)16(19-11-20-17)21-13-10-12(2)7-8-14(13)23-4/h7-8,10-11H,5-6,9,18H2,1-4H3,(H,19,20,21). The lowest BCUT2D eigenvalue weighted by Gasteiger charge is -2.21. The molecule has 0 saturated carbocycles. The molecule has 0 fully saturated rings. The highest BCUT2D eigenvalue weighted by molar-refractivity contribution is 5.79. The molecule has 0 radical (unpaired) electrons. The van der Waals surface area contributed by atoms with Gasteiger partial charge in [0, 0.05) is 13.6 Å². The molecular formula is C17H25N5O. The van der Waals surface area contributed by atoms with Crippen molar-refractivity contribution in [3.8, 4) is 5.75 Å². The molecule has 0 bridgehead atoms. The molecule has 23 heavy (non-hydrogen) atoms. The molecule has 2 rings (SSSR count). The van der Waals surface area contributed by atoms with E-state index in [1.165, 1.54) is 6.33 Å². The Labute approximate surface area is 137 Å². The maximum Gasteiger partial charge on any atom is 0.159 e. The molecule has 0 atom stereocenters. The Kier molecular flexibility index (Phi) is 5.62. The van der Waals surface area contributed by atoms with Crippen molar-refractivity contribution in [1.29, 1.82) is 0 Å². The number of rotatable bonds is 7. The molecule has 0 aliphatic carbocycles. The van der Waals surface area contributed by atoms with Gasteiger partial charge in [-0.25, -0.2) is 9.97 Å². The Morgan fingerprint density at radius 3 is 2.78 bits per heavy atom. The molecule has 6 nitrogen and oxygen atoms in total. The molecule has 3 N–H and O–H groups in total. The van der Waals surface area contributed by atoms with Crippen molar-refractivity contribution >= 4 is 23.0 Å². The van der Waals surface area contributed by atoms with Crippen molar-refractivity contribution in [3.63, 3.8) is 0 Å². The number of nitrogen functional groups attached to an aromatic ring is 1. The van der Waals surface area contributed by atoms with Crippen LogP contribution in [0, 0.1) is 6.92 Å². The number of nitrogens with one attached hydrogen (secondary N) is 1. The summed E-state index contributed by atoms with van der Waals surface area (Å²) < 4.78 is 5.39. The van der Waals surface area contributed by atoms with E-state index < -0.39 is 0 Å². The zero-order valence-electron chi connectivity index (χ0n) is 14.3. The number of hydrogen-bond donors (Lipinski definition) is 2. The number of unbranched alkanes of at least 4 members (excludes halogenated alkanes) is 1. The third kappa shape index (κ3) is 4.03. The van der Waals surface area contributed by atoms with Gasteiger partial charge in [-0.2, -0.15) is 0 Å². The number of anilines is 4. The van der Waals surface area contributed by atoms with E-state index in [1.54, 1.807) is 7.11 Å². The van der Waals surface area contributed by atoms with E-state index in [4.69, 9.17) is 10.5 Å². The van der Waals surface area contributed by atoms with Crippen LogP contribution in [0.5, 0.6) is 5.75 Å². The second-order valence-electron chi connectivity index (χ2n) is 5.56. The summed E-state index contributed by atoms with van der Waals surface area (Å²) in [4.78, 5) is 10.6. The van der Waals surface area contributed by atoms with E-state index in [0.29, 0.717) is 11.5 Å². The van der Waals surface area contributed by atoms with Gasteiger partial charge in [0.15, 0.2) is 11.6 Å². The Morgan fingerprint density at radius 2 is 2.09 bits per heavy atom. The van der Waals surface area contributed by atoms with Crippen LogP contribution in [0.2, 0.25) is 0 Å². The van der Waals surface area contributed by atoms with Crippen molar-refractivity contribution in [3.05, 3.63) is 30.1 Å². The Balaban J connectivity index is 2.29. The average Bonchev–Trinajstić information content (AvgIpc) is 2.55. The molecule has 0 amide bonds. The minimum Gasteiger partial charge on any atom is -0.495 e. The fourth-order valence-corrected chi connectivity index (χ4v) is 2.34. The van der Waals surface area contributed by atoms with Crippen LogP contribution in [0.15, 0.2) is 24.5 Å². The van der Waals surface area contributed by atoms with Gasteiger partial charge < -0.3 is 20.7 Å². The number of hydrogen-bond acceptors (Lipinski definition) is 6. The van der Waals surface area contributed by atoms with Crippen LogP contribution in [0.3, 0.4) is 0 Å². The zero-order chi connectivity index (χ0) is 16.8. The first-order valence-corrected chi connectivity index (χ1v) is 7.80. The summed E-state index contributed by atoms with van der Waals surface area (Å²) in [7, 11) is 3.63. The lowest BCUT2D eigenvalue weighted by Crippen LogP contribution is -2.21. The van der Waals surface area contributed by atoms with Crippen LogP contribution in [0.25, 0.3) is 0 Å². The van der Waals surface area contributed by atoms with Gasteiger partial charge in [-0.3, -0.25) is 0 Å².